The molecule has 0 heterocycles. The number of hydrogen-bond acceptors (Lipinski definition) is 0. The van der Waals surface area contributed by atoms with Gasteiger partial charge in [-0.1, -0.05) is 33.1 Å². The third-order valence-corrected chi connectivity index (χ3v) is 1.03. The first-order chi connectivity index (χ1) is 3.41. The molecule has 0 amide bonds. The maximum absolute atomic E-state index is 3.10. The van der Waals surface area contributed by atoms with Crippen molar-refractivity contribution >= 4 is 0 Å². The minimum absolute atomic E-state index is 1.17. The Balaban J connectivity index is 2.45. The third-order valence-electron chi connectivity index (χ3n) is 1.03. The third kappa shape index (κ3) is 6.00. The molecule has 0 aromatic rings. The first kappa shape index (κ1) is 7.00. The largest absolute Gasteiger partial charge is 0.0654 e. The normalized spacial score (nSPS) is 9.43. The van der Waals surface area contributed by atoms with Crippen LogP contribution < -0.4 is 0 Å². The van der Waals surface area contributed by atoms with Crippen LogP contribution in [0, 0.1) is 6.42 Å². The van der Waals surface area contributed by atoms with E-state index in [0.717, 1.165) is 0 Å². The van der Waals surface area contributed by atoms with Gasteiger partial charge in [0.1, 0.15) is 0 Å². The zero-order valence-electron chi connectivity index (χ0n) is 5.33. The fraction of sp³-hybridized carbons (Fsp3) is 0.857. The Morgan fingerprint density at radius 1 is 1.29 bits per heavy atom. The molecule has 0 spiro atoms. The van der Waals surface area contributed by atoms with Gasteiger partial charge in [-0.25, -0.2) is 0 Å². The topological polar surface area (TPSA) is 0 Å². The summed E-state index contributed by atoms with van der Waals surface area (Å²) in [6.45, 7) is 4.21. The van der Waals surface area contributed by atoms with Crippen molar-refractivity contribution < 1.29 is 0 Å². The molecule has 0 fully saturated rings. The maximum Gasteiger partial charge on any atom is -0.0207 e. The van der Waals surface area contributed by atoms with Crippen LogP contribution in [0.1, 0.15) is 39.5 Å². The van der Waals surface area contributed by atoms with Gasteiger partial charge in [-0.15, -0.1) is 0 Å². The molecule has 0 aliphatic heterocycles. The summed E-state index contributed by atoms with van der Waals surface area (Å²) < 4.78 is 0. The lowest BCUT2D eigenvalue weighted by atomic mass is 10.2. The zero-order chi connectivity index (χ0) is 5.54. The average molecular weight is 98.2 g/mol. The van der Waals surface area contributed by atoms with Crippen LogP contribution in [-0.4, -0.2) is 0 Å². The Bertz CT molecular complexity index is 19.2. The highest BCUT2D eigenvalue weighted by atomic mass is 13.9. The molecule has 7 heavy (non-hydrogen) atoms. The van der Waals surface area contributed by atoms with Gasteiger partial charge >= 0.3 is 0 Å². The van der Waals surface area contributed by atoms with Gasteiger partial charge < -0.3 is 0 Å². The van der Waals surface area contributed by atoms with E-state index in [1.807, 2.05) is 6.92 Å². The van der Waals surface area contributed by atoms with Gasteiger partial charge in [0.05, 0.1) is 0 Å². The van der Waals surface area contributed by atoms with Gasteiger partial charge in [0, 0.05) is 0 Å². The summed E-state index contributed by atoms with van der Waals surface area (Å²) in [7, 11) is 0. The number of hydrogen-bond donors (Lipinski definition) is 0. The quantitative estimate of drug-likeness (QED) is 0.474. The highest BCUT2D eigenvalue weighted by molar-refractivity contribution is 4.53. The summed E-state index contributed by atoms with van der Waals surface area (Å²) in [5, 5.41) is 0. The first-order valence-corrected chi connectivity index (χ1v) is 3.06. The Hall–Kier alpha value is 0. The predicted molar refractivity (Wildman–Crippen MR) is 33.1 cm³/mol. The molecular formula is C7H14. The molecule has 0 aromatic heterocycles. The van der Waals surface area contributed by atoms with Crippen molar-refractivity contribution in [1.82, 2.24) is 0 Å². The van der Waals surface area contributed by atoms with Gasteiger partial charge in [0.2, 0.25) is 0 Å². The number of rotatable bonds is 4. The van der Waals surface area contributed by atoms with Crippen molar-refractivity contribution in [3.05, 3.63) is 6.42 Å². The van der Waals surface area contributed by atoms with Gasteiger partial charge in [0.15, 0.2) is 0 Å². The lowest BCUT2D eigenvalue weighted by Gasteiger charge is -1.90. The monoisotopic (exact) mass is 98.1 g/mol. The van der Waals surface area contributed by atoms with Crippen molar-refractivity contribution in [1.29, 1.82) is 0 Å². The highest BCUT2D eigenvalue weighted by Gasteiger charge is 1.80. The van der Waals surface area contributed by atoms with Gasteiger partial charge in [-0.2, -0.15) is 0 Å². The first-order valence-electron chi connectivity index (χ1n) is 3.06. The summed E-state index contributed by atoms with van der Waals surface area (Å²) in [5.41, 5.74) is 0. The maximum atomic E-state index is 3.10. The second kappa shape index (κ2) is 6.00. The molecule has 0 saturated heterocycles. The molecule has 0 saturated carbocycles. The van der Waals surface area contributed by atoms with E-state index in [0.29, 0.717) is 0 Å². The van der Waals surface area contributed by atoms with Gasteiger partial charge in [-0.05, 0) is 12.8 Å². The lowest BCUT2D eigenvalue weighted by Crippen LogP contribution is -1.71. The molecule has 0 unspecified atom stereocenters. The fourth-order valence-corrected chi connectivity index (χ4v) is 0.552. The average Bonchev–Trinajstić information content (AvgIpc) is 1.69. The lowest BCUT2D eigenvalue weighted by molar-refractivity contribution is 0.711. The molecule has 2 radical (unpaired) electrons. The summed E-state index contributed by atoms with van der Waals surface area (Å²) in [4.78, 5) is 0. The Morgan fingerprint density at radius 3 is 2.43 bits per heavy atom. The van der Waals surface area contributed by atoms with E-state index < -0.39 is 0 Å². The molecule has 0 N–H and O–H groups in total. The van der Waals surface area contributed by atoms with Gasteiger partial charge in [0.25, 0.3) is 0 Å². The SMILES string of the molecule is C[C]CCCCC. The summed E-state index contributed by atoms with van der Waals surface area (Å²) in [5.74, 6) is 0. The minimum Gasteiger partial charge on any atom is -0.0654 e. The molecule has 0 aliphatic rings. The molecule has 42 valence electrons. The van der Waals surface area contributed by atoms with Crippen LogP contribution in [-0.2, 0) is 0 Å². The van der Waals surface area contributed by atoms with Crippen molar-refractivity contribution in [2.45, 2.75) is 39.5 Å². The Morgan fingerprint density at radius 2 is 2.00 bits per heavy atom. The van der Waals surface area contributed by atoms with Crippen molar-refractivity contribution in [3.8, 4) is 0 Å². The summed E-state index contributed by atoms with van der Waals surface area (Å²) >= 11 is 0. The molecule has 0 atom stereocenters. The summed E-state index contributed by atoms with van der Waals surface area (Å²) in [6.07, 6.45) is 8.29. The predicted octanol–water partition coefficient (Wildman–Crippen LogP) is 2.67. The minimum atomic E-state index is 1.17. The van der Waals surface area contributed by atoms with Crippen LogP contribution in [0.2, 0.25) is 0 Å². The van der Waals surface area contributed by atoms with Crippen LogP contribution in [0.25, 0.3) is 0 Å². The van der Waals surface area contributed by atoms with Crippen LogP contribution >= 0.6 is 0 Å². The van der Waals surface area contributed by atoms with E-state index in [2.05, 4.69) is 13.3 Å². The second-order valence-electron chi connectivity index (χ2n) is 1.81. The molecule has 0 heteroatoms. The molecule has 0 aromatic carbocycles. The van der Waals surface area contributed by atoms with E-state index in [1.165, 1.54) is 25.7 Å². The van der Waals surface area contributed by atoms with E-state index in [4.69, 9.17) is 0 Å². The van der Waals surface area contributed by atoms with E-state index in [9.17, 15) is 0 Å². The van der Waals surface area contributed by atoms with E-state index in [-0.39, 0.29) is 0 Å². The molecule has 0 rings (SSSR count). The van der Waals surface area contributed by atoms with Crippen LogP contribution in [0.15, 0.2) is 0 Å². The highest BCUT2D eigenvalue weighted by Crippen LogP contribution is 1.99. The van der Waals surface area contributed by atoms with Crippen LogP contribution in [0.5, 0.6) is 0 Å². The fourth-order valence-electron chi connectivity index (χ4n) is 0.552. The zero-order valence-corrected chi connectivity index (χ0v) is 5.33. The Labute approximate surface area is 46.9 Å². The van der Waals surface area contributed by atoms with E-state index in [1.54, 1.807) is 0 Å². The molecule has 0 aliphatic carbocycles. The van der Waals surface area contributed by atoms with Crippen molar-refractivity contribution in [2.75, 3.05) is 0 Å². The standard InChI is InChI=1S/C7H14/c1-3-5-7-6-4-2/h3,5-7H2,1-2H3. The second-order valence-corrected chi connectivity index (χ2v) is 1.81. The molecule has 0 nitrogen and oxygen atoms in total. The molecular weight excluding hydrogens is 84.1 g/mol. The summed E-state index contributed by atoms with van der Waals surface area (Å²) in [6, 6.07) is 0. The van der Waals surface area contributed by atoms with Crippen LogP contribution in [0.3, 0.4) is 0 Å². The van der Waals surface area contributed by atoms with Crippen molar-refractivity contribution in [2.24, 2.45) is 0 Å². The smallest absolute Gasteiger partial charge is 0.0207 e. The number of unbranched alkanes of at least 4 members (excludes halogenated alkanes) is 4. The van der Waals surface area contributed by atoms with E-state index >= 15 is 0 Å². The van der Waals surface area contributed by atoms with Gasteiger partial charge in [-0.3, -0.25) is 0 Å². The molecule has 0 bridgehead atoms. The van der Waals surface area contributed by atoms with Crippen molar-refractivity contribution in [3.63, 3.8) is 0 Å². The Kier molecular flexibility index (Phi) is 6.00. The van der Waals surface area contributed by atoms with Crippen LogP contribution in [0.4, 0.5) is 0 Å².